The highest BCUT2D eigenvalue weighted by Gasteiger charge is 2.33. The van der Waals surface area contributed by atoms with E-state index in [1.165, 1.54) is 4.88 Å². The molecule has 0 bridgehead atoms. The van der Waals surface area contributed by atoms with E-state index in [2.05, 4.69) is 19.3 Å². The maximum Gasteiger partial charge on any atom is 0.337 e. The molecule has 0 radical (unpaired) electrons. The monoisotopic (exact) mass is 344 g/mol. The molecular weight excluding hydrogens is 320 g/mol. The van der Waals surface area contributed by atoms with Crippen molar-refractivity contribution in [3.05, 3.63) is 45.3 Å². The van der Waals surface area contributed by atoms with Crippen molar-refractivity contribution < 1.29 is 9.90 Å². The Morgan fingerprint density at radius 1 is 1.42 bits per heavy atom. The van der Waals surface area contributed by atoms with E-state index in [1.807, 2.05) is 25.1 Å². The first kappa shape index (κ1) is 17.1. The molecule has 2 aromatic rings. The van der Waals surface area contributed by atoms with Crippen molar-refractivity contribution in [2.24, 2.45) is 11.3 Å². The number of carboxylic acids is 1. The summed E-state index contributed by atoms with van der Waals surface area (Å²) >= 11 is 1.65. The summed E-state index contributed by atoms with van der Waals surface area (Å²) in [6.07, 6.45) is 2.91. The summed E-state index contributed by atoms with van der Waals surface area (Å²) < 4.78 is 0. The molecule has 0 amide bonds. The van der Waals surface area contributed by atoms with Gasteiger partial charge in [0.25, 0.3) is 0 Å². The molecule has 4 nitrogen and oxygen atoms in total. The van der Waals surface area contributed by atoms with Crippen molar-refractivity contribution in [3.8, 4) is 10.4 Å². The molecule has 1 aromatic carbocycles. The Bertz CT molecular complexity index is 793. The topological polar surface area (TPSA) is 75.3 Å². The summed E-state index contributed by atoms with van der Waals surface area (Å²) in [5, 5.41) is 9.88. The number of hydrogen-bond donors (Lipinski definition) is 3. The van der Waals surface area contributed by atoms with Crippen molar-refractivity contribution in [1.82, 2.24) is 5.43 Å². The molecule has 1 aliphatic carbocycles. The molecule has 4 N–H and O–H groups in total. The Morgan fingerprint density at radius 2 is 2.17 bits per heavy atom. The number of hydrogen-bond acceptors (Lipinski definition) is 4. The molecule has 0 fully saturated rings. The van der Waals surface area contributed by atoms with Gasteiger partial charge < -0.3 is 5.11 Å². The zero-order valence-corrected chi connectivity index (χ0v) is 15.2. The molecule has 1 aromatic heterocycles. The smallest absolute Gasteiger partial charge is 0.337 e. The van der Waals surface area contributed by atoms with Crippen molar-refractivity contribution in [2.75, 3.05) is 0 Å². The third-order valence-electron chi connectivity index (χ3n) is 4.97. The van der Waals surface area contributed by atoms with Crippen molar-refractivity contribution in [1.29, 1.82) is 0 Å². The Labute approximate surface area is 146 Å². The molecule has 1 heterocycles. The summed E-state index contributed by atoms with van der Waals surface area (Å²) in [7, 11) is 0. The minimum Gasteiger partial charge on any atom is -0.478 e. The van der Waals surface area contributed by atoms with Crippen LogP contribution in [0.4, 0.5) is 0 Å². The van der Waals surface area contributed by atoms with Gasteiger partial charge in [-0.05, 0) is 53.9 Å². The molecule has 128 valence electrons. The van der Waals surface area contributed by atoms with Gasteiger partial charge in [0.1, 0.15) is 0 Å². The van der Waals surface area contributed by atoms with Crippen molar-refractivity contribution in [2.45, 2.75) is 46.6 Å². The van der Waals surface area contributed by atoms with Gasteiger partial charge >= 0.3 is 5.97 Å². The zero-order chi connectivity index (χ0) is 17.5. The van der Waals surface area contributed by atoms with Crippen LogP contribution in [0.15, 0.2) is 18.2 Å². The fraction of sp³-hybridized carbons (Fsp3) is 0.421. The number of nitrogens with one attached hydrogen (secondary N) is 1. The highest BCUT2D eigenvalue weighted by molar-refractivity contribution is 7.16. The predicted octanol–water partition coefficient (Wildman–Crippen LogP) is 3.90. The number of aryl methyl sites for hydroxylation is 1. The number of benzene rings is 1. The predicted molar refractivity (Wildman–Crippen MR) is 98.3 cm³/mol. The molecule has 5 heteroatoms. The van der Waals surface area contributed by atoms with Gasteiger partial charge in [-0.25, -0.2) is 4.79 Å². The van der Waals surface area contributed by atoms with E-state index < -0.39 is 5.97 Å². The molecule has 1 aliphatic rings. The summed E-state index contributed by atoms with van der Waals surface area (Å²) in [4.78, 5) is 14.2. The van der Waals surface area contributed by atoms with Gasteiger partial charge in [0.15, 0.2) is 0 Å². The Balaban J connectivity index is 2.18. The Hall–Kier alpha value is -1.69. The van der Waals surface area contributed by atoms with Gasteiger partial charge in [0, 0.05) is 16.3 Å². The SMILES string of the molecule is Cc1c(CNN)cccc1-c1sc2c(c1C(=O)O)CC(C)(C)CC2. The number of thiophene rings is 1. The number of carbonyl (C=O) groups is 1. The lowest BCUT2D eigenvalue weighted by atomic mass is 9.76. The molecule has 0 atom stereocenters. The summed E-state index contributed by atoms with van der Waals surface area (Å²) in [5.74, 6) is 4.65. The maximum atomic E-state index is 12.0. The van der Waals surface area contributed by atoms with Crippen LogP contribution < -0.4 is 11.3 Å². The van der Waals surface area contributed by atoms with Crippen LogP contribution in [0.25, 0.3) is 10.4 Å². The fourth-order valence-electron chi connectivity index (χ4n) is 3.57. The van der Waals surface area contributed by atoms with Gasteiger partial charge in [-0.3, -0.25) is 11.3 Å². The van der Waals surface area contributed by atoms with Crippen LogP contribution in [-0.2, 0) is 19.4 Å². The lowest BCUT2D eigenvalue weighted by Gasteiger charge is -2.29. The van der Waals surface area contributed by atoms with Gasteiger partial charge in [0.2, 0.25) is 0 Å². The van der Waals surface area contributed by atoms with E-state index in [0.29, 0.717) is 12.1 Å². The molecule has 3 rings (SSSR count). The Kier molecular flexibility index (Phi) is 4.51. The van der Waals surface area contributed by atoms with Crippen LogP contribution in [0.3, 0.4) is 0 Å². The first-order chi connectivity index (χ1) is 11.3. The van der Waals surface area contributed by atoms with E-state index in [4.69, 9.17) is 5.84 Å². The fourth-order valence-corrected chi connectivity index (χ4v) is 4.96. The molecule has 0 saturated heterocycles. The van der Waals surface area contributed by atoms with Gasteiger partial charge in [-0.2, -0.15) is 0 Å². The lowest BCUT2D eigenvalue weighted by molar-refractivity contribution is 0.0696. The number of hydrazine groups is 1. The van der Waals surface area contributed by atoms with Crippen LogP contribution >= 0.6 is 11.3 Å². The normalized spacial score (nSPS) is 16.0. The number of rotatable bonds is 4. The summed E-state index contributed by atoms with van der Waals surface area (Å²) in [5.41, 5.74) is 7.60. The number of nitrogens with two attached hydrogens (primary N) is 1. The minimum absolute atomic E-state index is 0.163. The van der Waals surface area contributed by atoms with Crippen molar-refractivity contribution >= 4 is 17.3 Å². The van der Waals surface area contributed by atoms with E-state index in [9.17, 15) is 9.90 Å². The second kappa shape index (κ2) is 6.31. The van der Waals surface area contributed by atoms with E-state index >= 15 is 0 Å². The van der Waals surface area contributed by atoms with Crippen molar-refractivity contribution in [3.63, 3.8) is 0 Å². The van der Waals surface area contributed by atoms with Crippen LogP contribution in [0, 0.1) is 12.3 Å². The molecule has 0 unspecified atom stereocenters. The highest BCUT2D eigenvalue weighted by Crippen LogP contribution is 2.45. The van der Waals surface area contributed by atoms with Crippen LogP contribution in [0.1, 0.15) is 52.2 Å². The number of carboxylic acid groups (broad SMARTS) is 1. The molecule has 0 aliphatic heterocycles. The van der Waals surface area contributed by atoms with E-state index in [1.54, 1.807) is 11.3 Å². The Morgan fingerprint density at radius 3 is 2.83 bits per heavy atom. The first-order valence-electron chi connectivity index (χ1n) is 8.24. The van der Waals surface area contributed by atoms with E-state index in [0.717, 1.165) is 46.4 Å². The first-order valence-corrected chi connectivity index (χ1v) is 9.06. The largest absolute Gasteiger partial charge is 0.478 e. The second-order valence-corrected chi connectivity index (χ2v) is 8.43. The van der Waals surface area contributed by atoms with Crippen LogP contribution in [-0.4, -0.2) is 11.1 Å². The van der Waals surface area contributed by atoms with Crippen LogP contribution in [0.2, 0.25) is 0 Å². The zero-order valence-electron chi connectivity index (χ0n) is 14.4. The standard InChI is InChI=1S/C19H24N2O2S/c1-11-12(10-21-20)5-4-6-13(11)17-16(18(22)23)14-9-19(2,3)8-7-15(14)24-17/h4-6,21H,7-10,20H2,1-3H3,(H,22,23). The van der Waals surface area contributed by atoms with Gasteiger partial charge in [-0.15, -0.1) is 11.3 Å². The van der Waals surface area contributed by atoms with E-state index in [-0.39, 0.29) is 5.41 Å². The number of fused-ring (bicyclic) bond motifs is 1. The van der Waals surface area contributed by atoms with Crippen LogP contribution in [0.5, 0.6) is 0 Å². The minimum atomic E-state index is -0.818. The molecule has 24 heavy (non-hydrogen) atoms. The molecular formula is C19H24N2O2S. The molecule has 0 spiro atoms. The third-order valence-corrected chi connectivity index (χ3v) is 6.30. The van der Waals surface area contributed by atoms with Gasteiger partial charge in [0.05, 0.1) is 5.56 Å². The van der Waals surface area contributed by atoms with Gasteiger partial charge in [-0.1, -0.05) is 32.0 Å². The average molecular weight is 344 g/mol. The maximum absolute atomic E-state index is 12.0. The summed E-state index contributed by atoms with van der Waals surface area (Å²) in [6.45, 7) is 7.05. The second-order valence-electron chi connectivity index (χ2n) is 7.32. The quantitative estimate of drug-likeness (QED) is 0.581. The average Bonchev–Trinajstić information content (AvgIpc) is 2.86. The summed E-state index contributed by atoms with van der Waals surface area (Å²) in [6, 6.07) is 6.02. The highest BCUT2D eigenvalue weighted by atomic mass is 32.1. The lowest BCUT2D eigenvalue weighted by Crippen LogP contribution is -2.22. The third kappa shape index (κ3) is 2.99. The molecule has 0 saturated carbocycles. The number of aromatic carboxylic acids is 1.